The highest BCUT2D eigenvalue weighted by atomic mass is 35.5. The molecule has 0 aliphatic heterocycles. The molecule has 0 amide bonds. The van der Waals surface area contributed by atoms with Crippen molar-refractivity contribution in [2.75, 3.05) is 0 Å². The minimum absolute atomic E-state index is 0. The smallest absolute Gasteiger partial charge is 1.00 e. The lowest BCUT2D eigenvalue weighted by atomic mass is 10.1. The van der Waals surface area contributed by atoms with E-state index in [2.05, 4.69) is 21.2 Å². The monoisotopic (exact) mass is 420 g/mol. The lowest BCUT2D eigenvalue weighted by molar-refractivity contribution is -0.00000580. The SMILES string of the molecule is N[C@@H](Cc1c[nH]c2ccccc12)c1nnc(SCc2ccc(Cl)cc2)o1.[Cl-].[H+]. The maximum absolute atomic E-state index is 6.28. The van der Waals surface area contributed by atoms with E-state index in [9.17, 15) is 0 Å². The molecule has 0 saturated heterocycles. The van der Waals surface area contributed by atoms with Gasteiger partial charge in [-0.3, -0.25) is 0 Å². The van der Waals surface area contributed by atoms with Crippen molar-refractivity contribution in [3.8, 4) is 0 Å². The van der Waals surface area contributed by atoms with Crippen LogP contribution in [0, 0.1) is 0 Å². The number of hydrogen-bond acceptors (Lipinski definition) is 5. The van der Waals surface area contributed by atoms with Gasteiger partial charge in [-0.25, -0.2) is 0 Å². The fourth-order valence-corrected chi connectivity index (χ4v) is 3.63. The highest BCUT2D eigenvalue weighted by Gasteiger charge is 2.17. The van der Waals surface area contributed by atoms with Crippen molar-refractivity contribution in [3.05, 3.63) is 76.8 Å². The van der Waals surface area contributed by atoms with E-state index < -0.39 is 0 Å². The predicted molar refractivity (Wildman–Crippen MR) is 105 cm³/mol. The average molecular weight is 421 g/mol. The zero-order chi connectivity index (χ0) is 17.9. The van der Waals surface area contributed by atoms with Crippen molar-refractivity contribution < 1.29 is 18.3 Å². The summed E-state index contributed by atoms with van der Waals surface area (Å²) in [7, 11) is 0. The van der Waals surface area contributed by atoms with Crippen molar-refractivity contribution in [1.29, 1.82) is 0 Å². The van der Waals surface area contributed by atoms with Crippen LogP contribution in [0.5, 0.6) is 0 Å². The van der Waals surface area contributed by atoms with Gasteiger partial charge in [-0.1, -0.05) is 53.7 Å². The van der Waals surface area contributed by atoms with Gasteiger partial charge in [0.2, 0.25) is 5.89 Å². The fourth-order valence-electron chi connectivity index (χ4n) is 2.78. The first-order chi connectivity index (χ1) is 12.7. The first-order valence-corrected chi connectivity index (χ1v) is 9.56. The topological polar surface area (TPSA) is 80.7 Å². The Morgan fingerprint density at radius 1 is 1.15 bits per heavy atom. The van der Waals surface area contributed by atoms with Crippen LogP contribution in [0.1, 0.15) is 24.5 Å². The van der Waals surface area contributed by atoms with Crippen molar-refractivity contribution in [3.63, 3.8) is 0 Å². The zero-order valence-corrected chi connectivity index (χ0v) is 16.6. The van der Waals surface area contributed by atoms with Gasteiger partial charge in [0, 0.05) is 27.9 Å². The molecule has 140 valence electrons. The quantitative estimate of drug-likeness (QED) is 0.465. The van der Waals surface area contributed by atoms with Crippen LogP contribution in [0.3, 0.4) is 0 Å². The summed E-state index contributed by atoms with van der Waals surface area (Å²) in [6.07, 6.45) is 2.62. The molecule has 0 bridgehead atoms. The summed E-state index contributed by atoms with van der Waals surface area (Å²) in [5.41, 5.74) is 9.66. The lowest BCUT2D eigenvalue weighted by Gasteiger charge is -2.05. The number of nitrogens with two attached hydrogens (primary N) is 1. The largest absolute Gasteiger partial charge is 1.00 e. The molecule has 3 N–H and O–H groups in total. The van der Waals surface area contributed by atoms with Gasteiger partial charge in [0.05, 0.1) is 6.04 Å². The number of nitrogens with one attached hydrogen (secondary N) is 1. The van der Waals surface area contributed by atoms with E-state index in [1.807, 2.05) is 48.7 Å². The molecule has 8 heteroatoms. The van der Waals surface area contributed by atoms with Crippen LogP contribution in [0.25, 0.3) is 10.9 Å². The number of nitrogens with zero attached hydrogens (tertiary/aromatic N) is 2. The third kappa shape index (κ3) is 4.65. The number of rotatable bonds is 6. The van der Waals surface area contributed by atoms with Gasteiger partial charge in [0.25, 0.3) is 5.22 Å². The van der Waals surface area contributed by atoms with Crippen LogP contribution in [0.2, 0.25) is 5.02 Å². The van der Waals surface area contributed by atoms with Crippen LogP contribution in [-0.4, -0.2) is 15.2 Å². The van der Waals surface area contributed by atoms with Gasteiger partial charge in [0.1, 0.15) is 0 Å². The predicted octanol–water partition coefficient (Wildman–Crippen LogP) is 1.86. The molecule has 0 aliphatic rings. The number of fused-ring (bicyclic) bond motifs is 1. The Labute approximate surface area is 173 Å². The summed E-state index contributed by atoms with van der Waals surface area (Å²) >= 11 is 7.38. The highest BCUT2D eigenvalue weighted by Crippen LogP contribution is 2.26. The van der Waals surface area contributed by atoms with Crippen molar-refractivity contribution >= 4 is 34.3 Å². The molecule has 0 saturated carbocycles. The molecule has 0 spiro atoms. The summed E-state index contributed by atoms with van der Waals surface area (Å²) < 4.78 is 5.73. The molecule has 27 heavy (non-hydrogen) atoms. The van der Waals surface area contributed by atoms with Crippen molar-refractivity contribution in [2.45, 2.75) is 23.4 Å². The van der Waals surface area contributed by atoms with Gasteiger partial charge in [-0.2, -0.15) is 0 Å². The maximum Gasteiger partial charge on any atom is 1.00 e. The van der Waals surface area contributed by atoms with Crippen LogP contribution in [0.15, 0.2) is 64.4 Å². The summed E-state index contributed by atoms with van der Waals surface area (Å²) in [4.78, 5) is 3.26. The van der Waals surface area contributed by atoms with E-state index >= 15 is 0 Å². The van der Waals surface area contributed by atoms with Gasteiger partial charge in [-0.15, -0.1) is 10.2 Å². The van der Waals surface area contributed by atoms with E-state index in [1.165, 1.54) is 17.1 Å². The molecule has 1 atom stereocenters. The lowest BCUT2D eigenvalue weighted by Crippen LogP contribution is -3.00. The Kier molecular flexibility index (Phi) is 6.44. The molecule has 2 heterocycles. The minimum Gasteiger partial charge on any atom is -1.00 e. The molecule has 0 fully saturated rings. The minimum atomic E-state index is -0.341. The molecule has 2 aromatic heterocycles. The number of H-pyrrole nitrogens is 1. The van der Waals surface area contributed by atoms with E-state index in [-0.39, 0.29) is 19.9 Å². The number of halogens is 2. The summed E-state index contributed by atoms with van der Waals surface area (Å²) in [6, 6.07) is 15.5. The van der Waals surface area contributed by atoms with E-state index in [0.717, 1.165) is 27.4 Å². The van der Waals surface area contributed by atoms with E-state index in [4.69, 9.17) is 21.8 Å². The molecule has 5 nitrogen and oxygen atoms in total. The normalized spacial score (nSPS) is 12.1. The van der Waals surface area contributed by atoms with Crippen LogP contribution in [0.4, 0.5) is 0 Å². The Balaban J connectivity index is 0.00000140. The molecule has 0 radical (unpaired) electrons. The Morgan fingerprint density at radius 3 is 2.74 bits per heavy atom. The maximum atomic E-state index is 6.28. The second kappa shape index (κ2) is 8.80. The first kappa shape index (κ1) is 19.8. The zero-order valence-electron chi connectivity index (χ0n) is 15.2. The van der Waals surface area contributed by atoms with Crippen LogP contribution < -0.4 is 18.1 Å². The Bertz CT molecular complexity index is 1020. The molecule has 4 rings (SSSR count). The molecule has 0 aliphatic carbocycles. The Hall–Kier alpha value is -1.99. The second-order valence-electron chi connectivity index (χ2n) is 5.99. The van der Waals surface area contributed by atoms with Crippen molar-refractivity contribution in [1.82, 2.24) is 15.2 Å². The third-order valence-corrected chi connectivity index (χ3v) is 5.27. The number of benzene rings is 2. The number of aromatic amines is 1. The first-order valence-electron chi connectivity index (χ1n) is 8.20. The number of para-hydroxylation sites is 1. The molecule has 2 aromatic carbocycles. The molecule has 0 unspecified atom stereocenters. The summed E-state index contributed by atoms with van der Waals surface area (Å²) in [6.45, 7) is 0. The van der Waals surface area contributed by atoms with E-state index in [1.54, 1.807) is 0 Å². The van der Waals surface area contributed by atoms with Gasteiger partial charge < -0.3 is 27.5 Å². The third-order valence-electron chi connectivity index (χ3n) is 4.13. The fraction of sp³-hybridized carbons (Fsp3) is 0.158. The van der Waals surface area contributed by atoms with Gasteiger partial charge in [0.15, 0.2) is 0 Å². The van der Waals surface area contributed by atoms with Gasteiger partial charge in [-0.05, 0) is 35.7 Å². The molecule has 4 aromatic rings. The van der Waals surface area contributed by atoms with E-state index in [0.29, 0.717) is 17.5 Å². The molecular weight excluding hydrogens is 403 g/mol. The average Bonchev–Trinajstić information content (AvgIpc) is 3.29. The van der Waals surface area contributed by atoms with Crippen LogP contribution in [-0.2, 0) is 12.2 Å². The van der Waals surface area contributed by atoms with Gasteiger partial charge >= 0.3 is 1.43 Å². The second-order valence-corrected chi connectivity index (χ2v) is 7.35. The highest BCUT2D eigenvalue weighted by molar-refractivity contribution is 7.98. The Morgan fingerprint density at radius 2 is 1.93 bits per heavy atom. The number of hydrogen-bond donors (Lipinski definition) is 2. The standard InChI is InChI=1S/C19H17ClN4OS.ClH/c20-14-7-5-12(6-8-14)11-26-19-24-23-18(25-19)16(21)9-13-10-22-17-4-2-1-3-15(13)17;/h1-8,10,16,22H,9,11,21H2;1H/t16-;/m0./s1. The number of thioether (sulfide) groups is 1. The molecular formula is C19H18Cl2N4OS. The summed E-state index contributed by atoms with van der Waals surface area (Å²) in [5, 5.41) is 10.6. The summed E-state index contributed by atoms with van der Waals surface area (Å²) in [5.74, 6) is 1.19. The van der Waals surface area contributed by atoms with Crippen LogP contribution >= 0.6 is 23.4 Å². The van der Waals surface area contributed by atoms with Crippen molar-refractivity contribution in [2.24, 2.45) is 5.73 Å². The number of aromatic nitrogens is 3.